The number of nitrogens with one attached hydrogen (secondary N) is 2. The number of hydrogen-bond acceptors (Lipinski definition) is 3. The molecule has 0 aliphatic rings. The lowest BCUT2D eigenvalue weighted by Gasteiger charge is -2.24. The molecule has 1 rings (SSSR count). The highest BCUT2D eigenvalue weighted by molar-refractivity contribution is 5.84. The summed E-state index contributed by atoms with van der Waals surface area (Å²) in [6.45, 7) is 7.72. The van der Waals surface area contributed by atoms with Crippen LogP contribution in [0.25, 0.3) is 0 Å². The normalized spacial score (nSPS) is 12.4. The van der Waals surface area contributed by atoms with E-state index in [1.165, 1.54) is 0 Å². The summed E-state index contributed by atoms with van der Waals surface area (Å²) in [6.07, 6.45) is 0.396. The molecule has 0 radical (unpaired) electrons. The lowest BCUT2D eigenvalue weighted by molar-refractivity contribution is -0.157. The van der Waals surface area contributed by atoms with Crippen molar-refractivity contribution in [2.45, 2.75) is 45.8 Å². The van der Waals surface area contributed by atoms with Crippen LogP contribution in [-0.2, 0) is 16.0 Å². The average molecular weight is 292 g/mol. The molecule has 0 aromatic heterocycles. The molecule has 0 saturated heterocycles. The molecule has 0 unspecified atom stereocenters. The summed E-state index contributed by atoms with van der Waals surface area (Å²) < 4.78 is 5.37. The van der Waals surface area contributed by atoms with Crippen LogP contribution in [0, 0.1) is 0 Å². The number of benzene rings is 1. The van der Waals surface area contributed by atoms with E-state index in [0.29, 0.717) is 13.0 Å². The summed E-state index contributed by atoms with van der Waals surface area (Å²) in [6, 6.07) is 8.44. The molecule has 0 fully saturated rings. The van der Waals surface area contributed by atoms with Crippen molar-refractivity contribution in [3.05, 3.63) is 35.9 Å². The Morgan fingerprint density at radius 1 is 1.19 bits per heavy atom. The molecule has 0 aliphatic heterocycles. The number of carbonyl (C=O) groups excluding carboxylic acids is 2. The van der Waals surface area contributed by atoms with Crippen LogP contribution in [0.1, 0.15) is 33.3 Å². The Bertz CT molecular complexity index is 466. The number of rotatable bonds is 5. The molecule has 5 nitrogen and oxygen atoms in total. The van der Waals surface area contributed by atoms with Gasteiger partial charge in [-0.15, -0.1) is 0 Å². The lowest BCUT2D eigenvalue weighted by atomic mass is 10.1. The number of hydrogen-bond donors (Lipinski definition) is 2. The molecule has 116 valence electrons. The lowest BCUT2D eigenvalue weighted by Crippen LogP contribution is -2.49. The maximum absolute atomic E-state index is 12.2. The summed E-state index contributed by atoms with van der Waals surface area (Å²) in [5, 5.41) is 5.29. The minimum Gasteiger partial charge on any atom is -0.458 e. The molecule has 0 saturated carbocycles. The summed E-state index contributed by atoms with van der Waals surface area (Å²) in [5.74, 6) is -0.433. The number of amides is 2. The molecule has 2 N–H and O–H groups in total. The molecule has 0 spiro atoms. The second kappa shape index (κ2) is 7.67. The topological polar surface area (TPSA) is 67.4 Å². The first kappa shape index (κ1) is 17.0. The zero-order valence-corrected chi connectivity index (χ0v) is 13.1. The molecular weight excluding hydrogens is 268 g/mol. The Hall–Kier alpha value is -2.04. The van der Waals surface area contributed by atoms with Crippen LogP contribution in [0.15, 0.2) is 30.3 Å². The molecule has 0 aliphatic carbocycles. The average Bonchev–Trinajstić information content (AvgIpc) is 2.37. The van der Waals surface area contributed by atoms with Crippen LogP contribution < -0.4 is 10.6 Å². The fraction of sp³-hybridized carbons (Fsp3) is 0.500. The number of esters is 1. The number of carbonyl (C=O) groups is 2. The van der Waals surface area contributed by atoms with E-state index < -0.39 is 17.6 Å². The van der Waals surface area contributed by atoms with Crippen molar-refractivity contribution in [1.29, 1.82) is 0 Å². The molecule has 2 amide bonds. The van der Waals surface area contributed by atoms with E-state index >= 15 is 0 Å². The van der Waals surface area contributed by atoms with Gasteiger partial charge in [0.15, 0.2) is 0 Å². The van der Waals surface area contributed by atoms with Crippen molar-refractivity contribution in [1.82, 2.24) is 10.6 Å². The Morgan fingerprint density at radius 3 is 2.33 bits per heavy atom. The van der Waals surface area contributed by atoms with Crippen molar-refractivity contribution in [3.63, 3.8) is 0 Å². The standard InChI is InChI=1S/C16H24N2O3/c1-5-17-15(20)18-13(14(19)21-16(2,3)4)11-12-9-7-6-8-10-12/h6-10,13H,5,11H2,1-4H3,(H2,17,18,20)/t13-/m0/s1. The smallest absolute Gasteiger partial charge is 0.329 e. The van der Waals surface area contributed by atoms with Gasteiger partial charge in [0, 0.05) is 13.0 Å². The highest BCUT2D eigenvalue weighted by Crippen LogP contribution is 2.11. The first-order chi connectivity index (χ1) is 9.81. The zero-order valence-electron chi connectivity index (χ0n) is 13.1. The van der Waals surface area contributed by atoms with Crippen LogP contribution in [0.3, 0.4) is 0 Å². The SMILES string of the molecule is CCNC(=O)N[C@@H](Cc1ccccc1)C(=O)OC(C)(C)C. The third-order valence-electron chi connectivity index (χ3n) is 2.62. The van der Waals surface area contributed by atoms with Crippen LogP contribution in [0.2, 0.25) is 0 Å². The van der Waals surface area contributed by atoms with Gasteiger partial charge in [0.05, 0.1) is 0 Å². The second-order valence-electron chi connectivity index (χ2n) is 5.78. The van der Waals surface area contributed by atoms with Gasteiger partial charge in [-0.3, -0.25) is 0 Å². The van der Waals surface area contributed by atoms with Crippen LogP contribution in [0.5, 0.6) is 0 Å². The minimum absolute atomic E-state index is 0.371. The van der Waals surface area contributed by atoms with Gasteiger partial charge in [-0.25, -0.2) is 9.59 Å². The van der Waals surface area contributed by atoms with Gasteiger partial charge in [-0.2, -0.15) is 0 Å². The largest absolute Gasteiger partial charge is 0.458 e. The molecule has 0 bridgehead atoms. The molecule has 0 heterocycles. The number of ether oxygens (including phenoxy) is 1. The van der Waals surface area contributed by atoms with Gasteiger partial charge < -0.3 is 15.4 Å². The predicted molar refractivity (Wildman–Crippen MR) is 82.0 cm³/mol. The first-order valence-electron chi connectivity index (χ1n) is 7.13. The quantitative estimate of drug-likeness (QED) is 0.818. The maximum Gasteiger partial charge on any atom is 0.329 e. The van der Waals surface area contributed by atoms with Gasteiger partial charge in [0.1, 0.15) is 11.6 Å². The minimum atomic E-state index is -0.710. The summed E-state index contributed by atoms with van der Waals surface area (Å²) >= 11 is 0. The fourth-order valence-electron chi connectivity index (χ4n) is 1.79. The highest BCUT2D eigenvalue weighted by atomic mass is 16.6. The van der Waals surface area contributed by atoms with E-state index in [-0.39, 0.29) is 6.03 Å². The first-order valence-corrected chi connectivity index (χ1v) is 7.13. The second-order valence-corrected chi connectivity index (χ2v) is 5.78. The Morgan fingerprint density at radius 2 is 1.81 bits per heavy atom. The van der Waals surface area contributed by atoms with Crippen LogP contribution >= 0.6 is 0 Å². The van der Waals surface area contributed by atoms with Gasteiger partial charge >= 0.3 is 12.0 Å². The number of urea groups is 1. The summed E-state index contributed by atoms with van der Waals surface area (Å²) in [7, 11) is 0. The fourth-order valence-corrected chi connectivity index (χ4v) is 1.79. The van der Waals surface area contributed by atoms with Gasteiger partial charge in [0.25, 0.3) is 0 Å². The van der Waals surface area contributed by atoms with Gasteiger partial charge in [-0.1, -0.05) is 30.3 Å². The Labute approximate surface area is 126 Å². The van der Waals surface area contributed by atoms with E-state index in [9.17, 15) is 9.59 Å². The van der Waals surface area contributed by atoms with Gasteiger partial charge in [0.2, 0.25) is 0 Å². The summed E-state index contributed by atoms with van der Waals surface area (Å²) in [4.78, 5) is 23.9. The van der Waals surface area contributed by atoms with E-state index in [1.54, 1.807) is 20.8 Å². The third-order valence-corrected chi connectivity index (χ3v) is 2.62. The van der Waals surface area contributed by atoms with Crippen LogP contribution in [-0.4, -0.2) is 30.2 Å². The monoisotopic (exact) mass is 292 g/mol. The highest BCUT2D eigenvalue weighted by Gasteiger charge is 2.26. The Balaban J connectivity index is 2.78. The Kier molecular flexibility index (Phi) is 6.21. The molecule has 1 aromatic rings. The van der Waals surface area contributed by atoms with Crippen molar-refractivity contribution >= 4 is 12.0 Å². The maximum atomic E-state index is 12.2. The summed E-state index contributed by atoms with van der Waals surface area (Å²) in [5.41, 5.74) is 0.375. The zero-order chi connectivity index (χ0) is 15.9. The van der Waals surface area contributed by atoms with Crippen molar-refractivity contribution in [3.8, 4) is 0 Å². The molecule has 21 heavy (non-hydrogen) atoms. The predicted octanol–water partition coefficient (Wildman–Crippen LogP) is 2.26. The molecule has 5 heteroatoms. The van der Waals surface area contributed by atoms with E-state index in [1.807, 2.05) is 37.3 Å². The van der Waals surface area contributed by atoms with E-state index in [0.717, 1.165) is 5.56 Å². The van der Waals surface area contributed by atoms with Gasteiger partial charge in [-0.05, 0) is 33.3 Å². The molecule has 1 atom stereocenters. The van der Waals surface area contributed by atoms with Crippen molar-refractivity contribution in [2.24, 2.45) is 0 Å². The molecular formula is C16H24N2O3. The van der Waals surface area contributed by atoms with Crippen LogP contribution in [0.4, 0.5) is 4.79 Å². The third kappa shape index (κ3) is 6.79. The van der Waals surface area contributed by atoms with E-state index in [4.69, 9.17) is 4.74 Å². The van der Waals surface area contributed by atoms with Crippen molar-refractivity contribution in [2.75, 3.05) is 6.54 Å². The van der Waals surface area contributed by atoms with Crippen molar-refractivity contribution < 1.29 is 14.3 Å². The van der Waals surface area contributed by atoms with E-state index in [2.05, 4.69) is 10.6 Å². The molecule has 1 aromatic carbocycles.